The average Bonchev–Trinajstić information content (AvgIpc) is 2.35. The highest BCUT2D eigenvalue weighted by Crippen LogP contribution is 2.24. The summed E-state index contributed by atoms with van der Waals surface area (Å²) in [6.07, 6.45) is -4.36. The third-order valence-corrected chi connectivity index (χ3v) is 2.59. The van der Waals surface area contributed by atoms with E-state index in [1.165, 1.54) is 24.3 Å². The van der Waals surface area contributed by atoms with Crippen LogP contribution in [0.5, 0.6) is 5.75 Å². The van der Waals surface area contributed by atoms with Crippen molar-refractivity contribution >= 4 is 18.3 Å². The maximum Gasteiger partial charge on any atom is 0.573 e. The molecule has 0 fully saturated rings. The zero-order valence-electron chi connectivity index (χ0n) is 11.7. The summed E-state index contributed by atoms with van der Waals surface area (Å²) >= 11 is 0. The lowest BCUT2D eigenvalue weighted by atomic mass is 10.1. The van der Waals surface area contributed by atoms with Crippen molar-refractivity contribution in [3.05, 3.63) is 29.8 Å². The highest BCUT2D eigenvalue weighted by Gasteiger charge is 2.31. The molecule has 2 N–H and O–H groups in total. The number of hydrogen-bond donors (Lipinski definition) is 2. The minimum atomic E-state index is -4.70. The SMILES string of the molecule is CNCCC(=O)NC(C)c1ccc(OC(F)(F)F)cc1.Cl. The number of carbonyl (C=O) groups is 1. The Morgan fingerprint density at radius 1 is 1.29 bits per heavy atom. The molecule has 0 aliphatic rings. The van der Waals surface area contributed by atoms with E-state index in [2.05, 4.69) is 15.4 Å². The minimum absolute atomic E-state index is 0. The zero-order chi connectivity index (χ0) is 15.2. The topological polar surface area (TPSA) is 50.4 Å². The molecule has 0 aromatic heterocycles. The fourth-order valence-electron chi connectivity index (χ4n) is 1.59. The van der Waals surface area contributed by atoms with Gasteiger partial charge in [0.2, 0.25) is 5.91 Å². The molecular weight excluding hydrogens is 309 g/mol. The number of benzene rings is 1. The Kier molecular flexibility index (Phi) is 8.12. The summed E-state index contributed by atoms with van der Waals surface area (Å²) in [7, 11) is 1.75. The number of hydrogen-bond acceptors (Lipinski definition) is 3. The zero-order valence-corrected chi connectivity index (χ0v) is 12.5. The Morgan fingerprint density at radius 3 is 2.33 bits per heavy atom. The molecular formula is C13H18ClF3N2O2. The normalized spacial score (nSPS) is 12.2. The van der Waals surface area contributed by atoms with Crippen LogP contribution in [0.4, 0.5) is 13.2 Å². The summed E-state index contributed by atoms with van der Waals surface area (Å²) in [4.78, 5) is 11.5. The van der Waals surface area contributed by atoms with Gasteiger partial charge in [0, 0.05) is 13.0 Å². The first kappa shape index (κ1) is 19.5. The number of carbonyl (C=O) groups excluding carboxylic acids is 1. The van der Waals surface area contributed by atoms with Gasteiger partial charge in [-0.2, -0.15) is 0 Å². The molecule has 1 atom stereocenters. The third kappa shape index (κ3) is 7.77. The van der Waals surface area contributed by atoms with Gasteiger partial charge in [0.05, 0.1) is 6.04 Å². The van der Waals surface area contributed by atoms with Crippen LogP contribution in [0.3, 0.4) is 0 Å². The van der Waals surface area contributed by atoms with E-state index in [0.29, 0.717) is 18.5 Å². The van der Waals surface area contributed by atoms with Crippen molar-refractivity contribution in [3.8, 4) is 5.75 Å². The molecule has 1 rings (SSSR count). The third-order valence-electron chi connectivity index (χ3n) is 2.59. The molecule has 0 saturated carbocycles. The Bertz CT molecular complexity index is 438. The second-order valence-electron chi connectivity index (χ2n) is 4.26. The van der Waals surface area contributed by atoms with Crippen molar-refractivity contribution in [2.75, 3.05) is 13.6 Å². The van der Waals surface area contributed by atoms with Crippen molar-refractivity contribution in [2.45, 2.75) is 25.7 Å². The van der Waals surface area contributed by atoms with Gasteiger partial charge in [0.1, 0.15) is 5.75 Å². The predicted molar refractivity (Wildman–Crippen MR) is 75.5 cm³/mol. The van der Waals surface area contributed by atoms with Crippen LogP contribution >= 0.6 is 12.4 Å². The monoisotopic (exact) mass is 326 g/mol. The molecule has 1 amide bonds. The van der Waals surface area contributed by atoms with E-state index >= 15 is 0 Å². The van der Waals surface area contributed by atoms with Gasteiger partial charge < -0.3 is 15.4 Å². The highest BCUT2D eigenvalue weighted by atomic mass is 35.5. The number of alkyl halides is 3. The van der Waals surface area contributed by atoms with E-state index in [4.69, 9.17) is 0 Å². The number of halogens is 4. The van der Waals surface area contributed by atoms with Gasteiger partial charge in [-0.25, -0.2) is 0 Å². The van der Waals surface area contributed by atoms with Crippen LogP contribution in [0.15, 0.2) is 24.3 Å². The van der Waals surface area contributed by atoms with Crippen molar-refractivity contribution in [2.24, 2.45) is 0 Å². The van der Waals surface area contributed by atoms with Crippen LogP contribution in [0.25, 0.3) is 0 Å². The van der Waals surface area contributed by atoms with E-state index in [1.807, 2.05) is 0 Å². The van der Waals surface area contributed by atoms with E-state index < -0.39 is 6.36 Å². The Labute approximate surface area is 127 Å². The molecule has 21 heavy (non-hydrogen) atoms. The largest absolute Gasteiger partial charge is 0.573 e. The summed E-state index contributed by atoms with van der Waals surface area (Å²) < 4.78 is 39.8. The maximum atomic E-state index is 12.0. The number of nitrogens with one attached hydrogen (secondary N) is 2. The quantitative estimate of drug-likeness (QED) is 0.845. The molecule has 1 aromatic carbocycles. The van der Waals surface area contributed by atoms with Crippen LogP contribution in [0.2, 0.25) is 0 Å². The van der Waals surface area contributed by atoms with Gasteiger partial charge in [-0.05, 0) is 31.7 Å². The predicted octanol–water partition coefficient (Wildman–Crippen LogP) is 2.79. The molecule has 0 saturated heterocycles. The minimum Gasteiger partial charge on any atom is -0.406 e. The van der Waals surface area contributed by atoms with Crippen molar-refractivity contribution in [3.63, 3.8) is 0 Å². The molecule has 0 spiro atoms. The second kappa shape index (κ2) is 8.74. The van der Waals surface area contributed by atoms with Crippen LogP contribution in [-0.4, -0.2) is 25.9 Å². The van der Waals surface area contributed by atoms with E-state index in [0.717, 1.165) is 0 Å². The second-order valence-corrected chi connectivity index (χ2v) is 4.26. The Hall–Kier alpha value is -1.47. The summed E-state index contributed by atoms with van der Waals surface area (Å²) in [5.74, 6) is -0.405. The van der Waals surface area contributed by atoms with E-state index in [1.54, 1.807) is 14.0 Å². The number of rotatable bonds is 6. The molecule has 0 radical (unpaired) electrons. The van der Waals surface area contributed by atoms with Crippen molar-refractivity contribution in [1.29, 1.82) is 0 Å². The van der Waals surface area contributed by atoms with Gasteiger partial charge in [0.25, 0.3) is 0 Å². The van der Waals surface area contributed by atoms with E-state index in [-0.39, 0.29) is 30.1 Å². The summed E-state index contributed by atoms with van der Waals surface area (Å²) in [6, 6.07) is 5.14. The summed E-state index contributed by atoms with van der Waals surface area (Å²) in [5.41, 5.74) is 0.706. The van der Waals surface area contributed by atoms with Crippen LogP contribution in [0, 0.1) is 0 Å². The first-order chi connectivity index (χ1) is 9.31. The molecule has 1 unspecified atom stereocenters. The van der Waals surface area contributed by atoms with Crippen molar-refractivity contribution in [1.82, 2.24) is 10.6 Å². The standard InChI is InChI=1S/C13H17F3N2O2.ClH/c1-9(18-12(19)7-8-17-2)10-3-5-11(6-4-10)20-13(14,15)16;/h3-6,9,17H,7-8H2,1-2H3,(H,18,19);1H. The number of amides is 1. The van der Waals surface area contributed by atoms with Crippen LogP contribution in [0.1, 0.15) is 24.9 Å². The summed E-state index contributed by atoms with van der Waals surface area (Å²) in [6.45, 7) is 2.33. The fourth-order valence-corrected chi connectivity index (χ4v) is 1.59. The molecule has 0 aliphatic heterocycles. The molecule has 0 heterocycles. The van der Waals surface area contributed by atoms with Gasteiger partial charge in [-0.1, -0.05) is 12.1 Å². The molecule has 0 bridgehead atoms. The van der Waals surface area contributed by atoms with Gasteiger partial charge in [-0.15, -0.1) is 25.6 Å². The van der Waals surface area contributed by atoms with E-state index in [9.17, 15) is 18.0 Å². The number of ether oxygens (including phenoxy) is 1. The lowest BCUT2D eigenvalue weighted by Gasteiger charge is -2.15. The lowest BCUT2D eigenvalue weighted by molar-refractivity contribution is -0.274. The lowest BCUT2D eigenvalue weighted by Crippen LogP contribution is -2.29. The summed E-state index contributed by atoms with van der Waals surface area (Å²) in [5, 5.41) is 5.61. The van der Waals surface area contributed by atoms with Crippen LogP contribution < -0.4 is 15.4 Å². The smallest absolute Gasteiger partial charge is 0.406 e. The average molecular weight is 327 g/mol. The van der Waals surface area contributed by atoms with Crippen LogP contribution in [-0.2, 0) is 4.79 Å². The van der Waals surface area contributed by atoms with Gasteiger partial charge in [0.15, 0.2) is 0 Å². The van der Waals surface area contributed by atoms with Crippen molar-refractivity contribution < 1.29 is 22.7 Å². The first-order valence-electron chi connectivity index (χ1n) is 6.11. The fraction of sp³-hybridized carbons (Fsp3) is 0.462. The molecule has 8 heteroatoms. The molecule has 0 aliphatic carbocycles. The Morgan fingerprint density at radius 2 is 1.86 bits per heavy atom. The first-order valence-corrected chi connectivity index (χ1v) is 6.11. The van der Waals surface area contributed by atoms with Gasteiger partial charge >= 0.3 is 6.36 Å². The molecule has 1 aromatic rings. The molecule has 4 nitrogen and oxygen atoms in total. The van der Waals surface area contributed by atoms with Gasteiger partial charge in [-0.3, -0.25) is 4.79 Å². The maximum absolute atomic E-state index is 12.0. The molecule has 120 valence electrons. The highest BCUT2D eigenvalue weighted by molar-refractivity contribution is 5.85. The Balaban J connectivity index is 0.00000400.